The molecular formula is C42H54N8O6. The Hall–Kier alpha value is -5.66. The lowest BCUT2D eigenvalue weighted by Crippen LogP contribution is -2.53. The van der Waals surface area contributed by atoms with Gasteiger partial charge in [0.15, 0.2) is 0 Å². The molecule has 4 amide bonds. The highest BCUT2D eigenvalue weighted by Crippen LogP contribution is 2.39. The van der Waals surface area contributed by atoms with Crippen LogP contribution >= 0.6 is 0 Å². The van der Waals surface area contributed by atoms with Crippen LogP contribution < -0.4 is 5.32 Å². The molecule has 0 unspecified atom stereocenters. The van der Waals surface area contributed by atoms with Crippen molar-refractivity contribution in [2.45, 2.75) is 103 Å². The molecule has 14 nitrogen and oxygen atoms in total. The highest BCUT2D eigenvalue weighted by molar-refractivity contribution is 5.87. The van der Waals surface area contributed by atoms with Crippen LogP contribution in [0.2, 0.25) is 0 Å². The molecule has 0 spiro atoms. The number of methoxy groups -OCH3 is 1. The van der Waals surface area contributed by atoms with Crippen molar-refractivity contribution in [1.29, 1.82) is 0 Å². The molecule has 6 rings (SSSR count). The van der Waals surface area contributed by atoms with Crippen LogP contribution in [-0.4, -0.2) is 102 Å². The Morgan fingerprint density at radius 2 is 1.16 bits per heavy atom. The third-order valence-electron chi connectivity index (χ3n) is 11.4. The van der Waals surface area contributed by atoms with Crippen LogP contribution in [-0.2, 0) is 14.3 Å². The molecule has 2 saturated heterocycles. The monoisotopic (exact) mass is 766 g/mol. The van der Waals surface area contributed by atoms with Crippen molar-refractivity contribution in [3.63, 3.8) is 0 Å². The number of carbonyl (C=O) groups excluding carboxylic acids is 3. The summed E-state index contributed by atoms with van der Waals surface area (Å²) in [5.74, 6) is 0.754. The van der Waals surface area contributed by atoms with Crippen LogP contribution in [0.15, 0.2) is 60.9 Å². The molecule has 2 aromatic carbocycles. The number of nitrogens with one attached hydrogen (secondary N) is 3. The van der Waals surface area contributed by atoms with Crippen molar-refractivity contribution in [3.8, 4) is 33.6 Å². The van der Waals surface area contributed by atoms with Crippen LogP contribution in [0.3, 0.4) is 0 Å². The van der Waals surface area contributed by atoms with Crippen LogP contribution in [0.5, 0.6) is 0 Å². The van der Waals surface area contributed by atoms with Gasteiger partial charge in [0.1, 0.15) is 23.7 Å². The van der Waals surface area contributed by atoms with Crippen LogP contribution in [0.4, 0.5) is 9.59 Å². The predicted octanol–water partition coefficient (Wildman–Crippen LogP) is 7.25. The minimum atomic E-state index is -1.13. The maximum atomic E-state index is 13.8. The van der Waals surface area contributed by atoms with Crippen molar-refractivity contribution < 1.29 is 29.0 Å². The van der Waals surface area contributed by atoms with Gasteiger partial charge in [-0.25, -0.2) is 19.6 Å². The number of carboxylic acid groups (broad SMARTS) is 1. The van der Waals surface area contributed by atoms with Crippen molar-refractivity contribution in [3.05, 3.63) is 72.6 Å². The third kappa shape index (κ3) is 8.00. The zero-order valence-electron chi connectivity index (χ0n) is 33.4. The summed E-state index contributed by atoms with van der Waals surface area (Å²) in [7, 11) is 2.74. The van der Waals surface area contributed by atoms with E-state index in [1.807, 2.05) is 88.0 Å². The molecule has 56 heavy (non-hydrogen) atoms. The van der Waals surface area contributed by atoms with E-state index in [0.717, 1.165) is 64.2 Å². The van der Waals surface area contributed by atoms with E-state index in [1.54, 1.807) is 0 Å². The number of rotatable bonds is 11. The van der Waals surface area contributed by atoms with E-state index in [-0.39, 0.29) is 47.8 Å². The van der Waals surface area contributed by atoms with Gasteiger partial charge in [0.05, 0.1) is 30.6 Å². The third-order valence-corrected chi connectivity index (χ3v) is 11.4. The van der Waals surface area contributed by atoms with E-state index in [1.165, 1.54) is 14.2 Å². The van der Waals surface area contributed by atoms with E-state index in [4.69, 9.17) is 14.7 Å². The molecule has 2 aromatic heterocycles. The molecule has 0 radical (unpaired) electrons. The fraction of sp³-hybridized carbons (Fsp3) is 0.476. The molecule has 4 heterocycles. The largest absolute Gasteiger partial charge is 0.465 e. The summed E-state index contributed by atoms with van der Waals surface area (Å²) in [5.41, 5.74) is 5.50. The maximum Gasteiger partial charge on any atom is 0.407 e. The Bertz CT molecular complexity index is 2020. The normalized spacial score (nSPS) is 20.7. The Morgan fingerprint density at radius 1 is 0.732 bits per heavy atom. The first-order valence-corrected chi connectivity index (χ1v) is 19.5. The Morgan fingerprint density at radius 3 is 1.55 bits per heavy atom. The number of aromatic amines is 2. The van der Waals surface area contributed by atoms with E-state index >= 15 is 0 Å². The molecule has 6 atom stereocenters. The molecule has 298 valence electrons. The first kappa shape index (κ1) is 40.0. The van der Waals surface area contributed by atoms with Crippen LogP contribution in [0.25, 0.3) is 33.6 Å². The molecule has 2 fully saturated rings. The van der Waals surface area contributed by atoms with Crippen molar-refractivity contribution in [2.75, 3.05) is 14.2 Å². The Labute approximate surface area is 328 Å². The zero-order valence-corrected chi connectivity index (χ0v) is 33.4. The molecule has 2 aliphatic heterocycles. The molecular weight excluding hydrogens is 713 g/mol. The highest BCUT2D eigenvalue weighted by atomic mass is 16.5. The fourth-order valence-electron chi connectivity index (χ4n) is 8.25. The van der Waals surface area contributed by atoms with Gasteiger partial charge in [0.25, 0.3) is 0 Å². The Balaban J connectivity index is 1.13. The summed E-state index contributed by atoms with van der Waals surface area (Å²) >= 11 is 0. The topological polar surface area (TPSA) is 177 Å². The number of nitrogens with zero attached hydrogens (tertiary/aromatic N) is 5. The van der Waals surface area contributed by atoms with Crippen LogP contribution in [0, 0.1) is 11.8 Å². The van der Waals surface area contributed by atoms with Gasteiger partial charge in [-0.1, -0.05) is 76.2 Å². The fourth-order valence-corrected chi connectivity index (χ4v) is 8.25. The van der Waals surface area contributed by atoms with Crippen molar-refractivity contribution in [1.82, 2.24) is 40.0 Å². The zero-order chi connectivity index (χ0) is 40.4. The van der Waals surface area contributed by atoms with Gasteiger partial charge in [-0.3, -0.25) is 14.5 Å². The summed E-state index contributed by atoms with van der Waals surface area (Å²) < 4.78 is 4.78. The van der Waals surface area contributed by atoms with E-state index in [0.29, 0.717) is 11.6 Å². The summed E-state index contributed by atoms with van der Waals surface area (Å²) in [6, 6.07) is 14.3. The number of alkyl carbamates (subject to hydrolysis) is 1. The van der Waals surface area contributed by atoms with Gasteiger partial charge < -0.3 is 34.9 Å². The molecule has 0 aliphatic carbocycles. The van der Waals surface area contributed by atoms with E-state index in [9.17, 15) is 24.3 Å². The number of imidazole rings is 2. The van der Waals surface area contributed by atoms with Gasteiger partial charge >= 0.3 is 12.2 Å². The summed E-state index contributed by atoms with van der Waals surface area (Å²) in [4.78, 5) is 72.6. The van der Waals surface area contributed by atoms with Gasteiger partial charge in [-0.15, -0.1) is 0 Å². The van der Waals surface area contributed by atoms with E-state index < -0.39 is 24.3 Å². The summed E-state index contributed by atoms with van der Waals surface area (Å²) in [6.07, 6.45) is 5.11. The molecule has 4 N–H and O–H groups in total. The SMILES string of the molecule is COC(=O)N[C@@H](C(=O)N1[C@@H](C)CC[C@H]1c1nc(-c2ccc(-c3ccc(-c4c[nH]c([C@@H]5CC[C@H](C)N5C(=O)[C@@H](C(C)C)N(C)C(=O)O)n4)cc3)cc2)c[nH]1)C(C)C. The predicted molar refractivity (Wildman–Crippen MR) is 212 cm³/mol. The number of amides is 4. The average molecular weight is 767 g/mol. The lowest BCUT2D eigenvalue weighted by atomic mass is 10.0. The van der Waals surface area contributed by atoms with Crippen LogP contribution in [0.1, 0.15) is 91.0 Å². The maximum absolute atomic E-state index is 13.8. The number of hydrogen-bond acceptors (Lipinski definition) is 7. The lowest BCUT2D eigenvalue weighted by molar-refractivity contribution is -0.140. The second-order valence-electron chi connectivity index (χ2n) is 15.8. The van der Waals surface area contributed by atoms with Gasteiger partial charge in [0.2, 0.25) is 11.8 Å². The number of H-pyrrole nitrogens is 2. The first-order chi connectivity index (χ1) is 26.7. The van der Waals surface area contributed by atoms with Crippen molar-refractivity contribution >= 4 is 24.0 Å². The number of likely N-dealkylation sites (tertiary alicyclic amines) is 2. The summed E-state index contributed by atoms with van der Waals surface area (Å²) in [6.45, 7) is 11.6. The lowest BCUT2D eigenvalue weighted by Gasteiger charge is -2.36. The number of ether oxygens (including phenoxy) is 1. The molecule has 14 heteroatoms. The number of hydrogen-bond donors (Lipinski definition) is 4. The minimum absolute atomic E-state index is 0.00305. The van der Waals surface area contributed by atoms with E-state index in [2.05, 4.69) is 39.6 Å². The van der Waals surface area contributed by atoms with Gasteiger partial charge in [-0.2, -0.15) is 0 Å². The molecule has 0 bridgehead atoms. The Kier molecular flexibility index (Phi) is 11.9. The molecule has 0 saturated carbocycles. The van der Waals surface area contributed by atoms with Gasteiger partial charge in [0, 0.05) is 42.7 Å². The second kappa shape index (κ2) is 16.6. The van der Waals surface area contributed by atoms with Crippen molar-refractivity contribution in [2.24, 2.45) is 11.8 Å². The summed E-state index contributed by atoms with van der Waals surface area (Å²) in [5, 5.41) is 12.4. The molecule has 4 aromatic rings. The minimum Gasteiger partial charge on any atom is -0.465 e. The first-order valence-electron chi connectivity index (χ1n) is 19.5. The molecule has 2 aliphatic rings. The number of aromatic nitrogens is 4. The highest BCUT2D eigenvalue weighted by Gasteiger charge is 2.43. The van der Waals surface area contributed by atoms with Gasteiger partial charge in [-0.05, 0) is 62.5 Å². The quantitative estimate of drug-likeness (QED) is 0.123. The standard InChI is InChI=1S/C42H54N8O6/c1-23(2)35(47-41(53)56-8)39(51)49-25(5)9-19-33(49)37-43-21-31(45-37)29-15-11-27(12-16-29)28-13-17-30(18-14-28)32-22-44-38(46-32)34-20-10-26(6)50(34)40(52)36(24(3)4)48(7)42(54)55/h11-18,21-26,33-36H,9-10,19-20H2,1-8H3,(H,43,45)(H,44,46)(H,47,53)(H,54,55)/t25-,26-,33-,34-,35+,36+/m0/s1. The second-order valence-corrected chi connectivity index (χ2v) is 15.8. The number of carbonyl (C=O) groups is 4. The number of likely N-dealkylation sites (N-methyl/N-ethyl adjacent to an activating group) is 1. The number of benzene rings is 2. The average Bonchev–Trinajstić information content (AvgIpc) is 4.00. The smallest absolute Gasteiger partial charge is 0.407 e.